The van der Waals surface area contributed by atoms with Crippen LogP contribution < -0.4 is 16.2 Å². The van der Waals surface area contributed by atoms with E-state index in [1.54, 1.807) is 6.92 Å². The van der Waals surface area contributed by atoms with Gasteiger partial charge in [0, 0.05) is 18.9 Å². The molecule has 0 spiro atoms. The maximum Gasteiger partial charge on any atom is 0.276 e. The molecular weight excluding hydrogens is 528 g/mol. The van der Waals surface area contributed by atoms with Crippen molar-refractivity contribution < 1.29 is 27.7 Å². The highest BCUT2D eigenvalue weighted by molar-refractivity contribution is 6.00. The van der Waals surface area contributed by atoms with E-state index in [4.69, 9.17) is 4.74 Å². The normalized spacial score (nSPS) is 16.9. The highest BCUT2D eigenvalue weighted by Crippen LogP contribution is 2.33. The molecule has 1 unspecified atom stereocenters. The highest BCUT2D eigenvalue weighted by atomic mass is 19.1. The van der Waals surface area contributed by atoms with Crippen LogP contribution in [0, 0.1) is 24.6 Å². The summed E-state index contributed by atoms with van der Waals surface area (Å²) in [6.45, 7) is 5.50. The van der Waals surface area contributed by atoms with Gasteiger partial charge in [0.05, 0.1) is 12.8 Å². The van der Waals surface area contributed by atoms with Crippen molar-refractivity contribution in [1.29, 1.82) is 0 Å². The Morgan fingerprint density at radius 3 is 2.60 bits per heavy atom. The summed E-state index contributed by atoms with van der Waals surface area (Å²) in [5.74, 6) is -3.26. The number of methoxy groups -OCH3 is 1. The van der Waals surface area contributed by atoms with Crippen molar-refractivity contribution in [2.45, 2.75) is 58.5 Å². The molecule has 0 saturated heterocycles. The number of ether oxygens (including phenoxy) is 1. The van der Waals surface area contributed by atoms with Crippen molar-refractivity contribution >= 4 is 17.5 Å². The Balaban J connectivity index is 1.59. The minimum Gasteiger partial charge on any atom is -0.382 e. The van der Waals surface area contributed by atoms with Crippen molar-refractivity contribution in [3.05, 3.63) is 68.7 Å². The number of pyridine rings is 1. The molecule has 40 heavy (non-hydrogen) atoms. The Hall–Kier alpha value is -4.20. The molecule has 12 nitrogen and oxygen atoms in total. The molecule has 3 heterocycles. The number of aromatic amines is 1. The smallest absolute Gasteiger partial charge is 0.276 e. The molecule has 1 fully saturated rings. The number of halogens is 2. The molecule has 0 aliphatic heterocycles. The van der Waals surface area contributed by atoms with Crippen molar-refractivity contribution in [3.63, 3.8) is 0 Å². The molecule has 14 heteroatoms. The number of nitrogens with one attached hydrogen (secondary N) is 3. The fraction of sp³-hybridized carbons (Fsp3) is 0.462. The van der Waals surface area contributed by atoms with Crippen LogP contribution in [0.3, 0.4) is 0 Å². The van der Waals surface area contributed by atoms with Crippen LogP contribution in [0.1, 0.15) is 67.3 Å². The summed E-state index contributed by atoms with van der Waals surface area (Å²) in [5.41, 5.74) is 1.82. The fourth-order valence-corrected chi connectivity index (χ4v) is 4.88. The second-order valence-corrected chi connectivity index (χ2v) is 9.97. The Morgan fingerprint density at radius 2 is 1.98 bits per heavy atom. The van der Waals surface area contributed by atoms with Crippen LogP contribution in [-0.4, -0.2) is 56.7 Å². The van der Waals surface area contributed by atoms with Gasteiger partial charge in [0.2, 0.25) is 5.91 Å². The Morgan fingerprint density at radius 1 is 1.25 bits per heavy atom. The number of rotatable bonds is 9. The molecule has 0 radical (unpaired) electrons. The average Bonchev–Trinajstić information content (AvgIpc) is 3.52. The Labute approximate surface area is 228 Å². The maximum atomic E-state index is 15.0. The Bertz CT molecular complexity index is 1460. The van der Waals surface area contributed by atoms with E-state index in [1.165, 1.54) is 24.5 Å². The van der Waals surface area contributed by atoms with Gasteiger partial charge in [-0.2, -0.15) is 4.39 Å². The second-order valence-electron chi connectivity index (χ2n) is 9.97. The van der Waals surface area contributed by atoms with E-state index in [2.05, 4.69) is 35.7 Å². The lowest BCUT2D eigenvalue weighted by atomic mass is 9.79. The summed E-state index contributed by atoms with van der Waals surface area (Å²) in [7, 11) is 1.37. The van der Waals surface area contributed by atoms with Gasteiger partial charge in [0.25, 0.3) is 17.4 Å². The van der Waals surface area contributed by atoms with Gasteiger partial charge in [-0.1, -0.05) is 16.3 Å². The lowest BCUT2D eigenvalue weighted by Gasteiger charge is -2.31. The largest absolute Gasteiger partial charge is 0.382 e. The summed E-state index contributed by atoms with van der Waals surface area (Å²) < 4.78 is 39.7. The molecule has 0 bridgehead atoms. The zero-order valence-corrected chi connectivity index (χ0v) is 22.6. The molecule has 1 saturated carbocycles. The second kappa shape index (κ2) is 12.3. The maximum absolute atomic E-state index is 15.0. The van der Waals surface area contributed by atoms with E-state index < -0.39 is 41.2 Å². The van der Waals surface area contributed by atoms with E-state index in [9.17, 15) is 23.2 Å². The third-order valence-corrected chi connectivity index (χ3v) is 7.09. The van der Waals surface area contributed by atoms with Gasteiger partial charge in [-0.25, -0.2) is 9.02 Å². The quantitative estimate of drug-likeness (QED) is 0.338. The van der Waals surface area contributed by atoms with Gasteiger partial charge in [-0.3, -0.25) is 19.1 Å². The zero-order chi connectivity index (χ0) is 29.0. The number of carbonyl (C=O) groups excluding carboxylic acids is 2. The first-order valence-corrected chi connectivity index (χ1v) is 12.8. The van der Waals surface area contributed by atoms with Gasteiger partial charge in [0.15, 0.2) is 5.69 Å². The third-order valence-electron chi connectivity index (χ3n) is 7.09. The summed E-state index contributed by atoms with van der Waals surface area (Å²) in [4.78, 5) is 41.1. The van der Waals surface area contributed by atoms with E-state index in [1.807, 2.05) is 13.8 Å². The average molecular weight is 560 g/mol. The van der Waals surface area contributed by atoms with Gasteiger partial charge in [-0.05, 0) is 63.6 Å². The number of allylic oxidation sites excluding steroid dienone is 2. The SMILES string of the molecule is COC[C@@H](c1cc(F)c[nH]c1=O)n1cc(NC(=O)C(NC(=O)c2nonc2C)C2CCC(=C(C)C)CC2)c(F)n1. The van der Waals surface area contributed by atoms with Crippen LogP contribution in [0.25, 0.3) is 0 Å². The van der Waals surface area contributed by atoms with Crippen LogP contribution in [0.5, 0.6) is 0 Å². The zero-order valence-electron chi connectivity index (χ0n) is 22.6. The molecule has 3 aromatic rings. The number of aromatic nitrogens is 5. The minimum absolute atomic E-state index is 0.0405. The number of anilines is 1. The summed E-state index contributed by atoms with van der Waals surface area (Å²) >= 11 is 0. The number of hydrogen-bond donors (Lipinski definition) is 3. The van der Waals surface area contributed by atoms with Gasteiger partial charge in [-0.15, -0.1) is 5.10 Å². The van der Waals surface area contributed by atoms with E-state index in [0.29, 0.717) is 12.8 Å². The standard InChI is InChI=1S/C26H31F2N7O5/c1-13(2)15-5-7-16(8-6-15)22(31-25(37)21-14(3)33-40-34-21)26(38)30-19-11-35(32-23(19)28)20(12-39-4)18-9-17(27)10-29-24(18)36/h9-11,16,20,22H,5-8,12H2,1-4H3,(H,29,36)(H,30,38)(H,31,37)/t20-,22?/m0/s1. The van der Waals surface area contributed by atoms with Crippen LogP contribution in [-0.2, 0) is 9.53 Å². The van der Waals surface area contributed by atoms with Gasteiger partial charge >= 0.3 is 0 Å². The fourth-order valence-electron chi connectivity index (χ4n) is 4.88. The molecule has 3 aromatic heterocycles. The molecule has 1 aliphatic carbocycles. The molecule has 214 valence electrons. The van der Waals surface area contributed by atoms with E-state index >= 15 is 0 Å². The number of amides is 2. The van der Waals surface area contributed by atoms with Gasteiger partial charge in [0.1, 0.15) is 29.3 Å². The topological polar surface area (TPSA) is 157 Å². The molecule has 1 aliphatic rings. The van der Waals surface area contributed by atoms with Crippen LogP contribution >= 0.6 is 0 Å². The minimum atomic E-state index is -1.03. The van der Waals surface area contributed by atoms with Crippen molar-refractivity contribution in [2.75, 3.05) is 19.0 Å². The number of H-pyrrole nitrogens is 1. The van der Waals surface area contributed by atoms with E-state index in [-0.39, 0.29) is 35.2 Å². The first-order chi connectivity index (χ1) is 19.1. The molecule has 0 aromatic carbocycles. The molecule has 4 rings (SSSR count). The number of carbonyl (C=O) groups is 2. The van der Waals surface area contributed by atoms with E-state index in [0.717, 1.165) is 29.8 Å². The Kier molecular flexibility index (Phi) is 8.87. The predicted octanol–water partition coefficient (Wildman–Crippen LogP) is 3.04. The molecule has 2 atom stereocenters. The molecule has 2 amide bonds. The lowest BCUT2D eigenvalue weighted by Crippen LogP contribution is -2.49. The van der Waals surface area contributed by atoms with Crippen LogP contribution in [0.15, 0.2) is 39.0 Å². The third kappa shape index (κ3) is 6.33. The number of aryl methyl sites for hydroxylation is 1. The highest BCUT2D eigenvalue weighted by Gasteiger charge is 2.34. The first-order valence-electron chi connectivity index (χ1n) is 12.8. The summed E-state index contributed by atoms with van der Waals surface area (Å²) in [6, 6.07) is -0.995. The van der Waals surface area contributed by atoms with Crippen molar-refractivity contribution in [2.24, 2.45) is 5.92 Å². The van der Waals surface area contributed by atoms with Crippen LogP contribution in [0.4, 0.5) is 14.5 Å². The summed E-state index contributed by atoms with van der Waals surface area (Å²) in [6.07, 6.45) is 4.90. The lowest BCUT2D eigenvalue weighted by molar-refractivity contribution is -0.119. The number of nitrogens with zero attached hydrogens (tertiary/aromatic N) is 4. The molecular formula is C26H31F2N7O5. The van der Waals surface area contributed by atoms with Crippen molar-refractivity contribution in [3.8, 4) is 0 Å². The number of hydrogen-bond acceptors (Lipinski definition) is 8. The van der Waals surface area contributed by atoms with Crippen molar-refractivity contribution in [1.82, 2.24) is 30.4 Å². The van der Waals surface area contributed by atoms with Gasteiger partial charge < -0.3 is 20.4 Å². The monoisotopic (exact) mass is 559 g/mol. The summed E-state index contributed by atoms with van der Waals surface area (Å²) in [5, 5.41) is 16.3. The van der Waals surface area contributed by atoms with Crippen LogP contribution in [0.2, 0.25) is 0 Å². The molecule has 3 N–H and O–H groups in total. The first kappa shape index (κ1) is 28.8. The predicted molar refractivity (Wildman–Crippen MR) is 138 cm³/mol.